The Kier molecular flexibility index (Phi) is 1.87. The van der Waals surface area contributed by atoms with Crippen LogP contribution >= 0.6 is 0 Å². The Morgan fingerprint density at radius 3 is 2.86 bits per heavy atom. The Morgan fingerprint density at radius 2 is 2.21 bits per heavy atom. The maximum Gasteiger partial charge on any atom is 0.337 e. The highest BCUT2D eigenvalue weighted by molar-refractivity contribution is 5.95. The lowest BCUT2D eigenvalue weighted by atomic mass is 10.1. The van der Waals surface area contributed by atoms with Gasteiger partial charge in [-0.3, -0.25) is 0 Å². The molecule has 1 aromatic rings. The van der Waals surface area contributed by atoms with Crippen molar-refractivity contribution in [1.29, 1.82) is 0 Å². The molecule has 0 saturated carbocycles. The van der Waals surface area contributed by atoms with E-state index in [9.17, 15) is 13.6 Å². The summed E-state index contributed by atoms with van der Waals surface area (Å²) < 4.78 is 26.1. The number of benzene rings is 1. The average Bonchev–Trinajstić information content (AvgIpc) is 2.59. The van der Waals surface area contributed by atoms with Crippen molar-refractivity contribution in [2.75, 3.05) is 11.9 Å². The molecule has 0 unspecified atom stereocenters. The summed E-state index contributed by atoms with van der Waals surface area (Å²) in [5.74, 6) is -3.31. The van der Waals surface area contributed by atoms with Crippen molar-refractivity contribution in [2.24, 2.45) is 0 Å². The van der Waals surface area contributed by atoms with Gasteiger partial charge in [-0.1, -0.05) is 0 Å². The van der Waals surface area contributed by atoms with Gasteiger partial charge in [-0.05, 0) is 12.5 Å². The summed E-state index contributed by atoms with van der Waals surface area (Å²) in [6.07, 6.45) is 0.319. The number of nitrogens with one attached hydrogen (secondary N) is 1. The molecular formula is C9H7F2NO2. The second-order valence-corrected chi connectivity index (χ2v) is 3.06. The van der Waals surface area contributed by atoms with Crippen LogP contribution in [0, 0.1) is 11.6 Å². The molecule has 14 heavy (non-hydrogen) atoms. The van der Waals surface area contributed by atoms with Crippen LogP contribution in [-0.4, -0.2) is 17.6 Å². The van der Waals surface area contributed by atoms with Crippen molar-refractivity contribution in [3.8, 4) is 0 Å². The molecule has 1 heterocycles. The Labute approximate surface area is 78.4 Å². The zero-order valence-corrected chi connectivity index (χ0v) is 7.10. The molecule has 2 N–H and O–H groups in total. The van der Waals surface area contributed by atoms with Crippen molar-refractivity contribution in [1.82, 2.24) is 0 Å². The molecule has 0 spiro atoms. The van der Waals surface area contributed by atoms with Crippen molar-refractivity contribution in [3.63, 3.8) is 0 Å². The molecule has 74 valence electrons. The lowest BCUT2D eigenvalue weighted by Crippen LogP contribution is -2.04. The predicted octanol–water partition coefficient (Wildman–Crippen LogP) is 1.63. The minimum atomic E-state index is -1.26. The van der Waals surface area contributed by atoms with E-state index in [1.165, 1.54) is 0 Å². The molecule has 0 amide bonds. The zero-order valence-electron chi connectivity index (χ0n) is 7.10. The van der Waals surface area contributed by atoms with Gasteiger partial charge in [-0.15, -0.1) is 0 Å². The van der Waals surface area contributed by atoms with Gasteiger partial charge in [0.15, 0.2) is 11.6 Å². The quantitative estimate of drug-likeness (QED) is 0.722. The van der Waals surface area contributed by atoms with Crippen molar-refractivity contribution in [2.45, 2.75) is 6.42 Å². The van der Waals surface area contributed by atoms with Crippen LogP contribution in [0.4, 0.5) is 14.5 Å². The van der Waals surface area contributed by atoms with Crippen LogP contribution in [0.25, 0.3) is 0 Å². The Morgan fingerprint density at radius 1 is 1.50 bits per heavy atom. The first-order valence-electron chi connectivity index (χ1n) is 4.09. The number of hydrogen-bond acceptors (Lipinski definition) is 2. The monoisotopic (exact) mass is 199 g/mol. The standard InChI is InChI=1S/C9H7F2NO2/c10-6-3-5(9(13)14)8-4(7(6)11)1-2-12-8/h3,12H,1-2H2,(H,13,14). The Hall–Kier alpha value is -1.65. The molecule has 1 aromatic carbocycles. The minimum Gasteiger partial charge on any atom is -0.478 e. The van der Waals surface area contributed by atoms with E-state index >= 15 is 0 Å². The van der Waals surface area contributed by atoms with Gasteiger partial charge in [0.25, 0.3) is 0 Å². The first-order valence-corrected chi connectivity index (χ1v) is 4.09. The van der Waals surface area contributed by atoms with Crippen LogP contribution in [0.2, 0.25) is 0 Å². The molecule has 0 saturated heterocycles. The molecule has 0 atom stereocenters. The number of carbonyl (C=O) groups is 1. The van der Waals surface area contributed by atoms with E-state index in [0.29, 0.717) is 19.0 Å². The number of hydrogen-bond donors (Lipinski definition) is 2. The van der Waals surface area contributed by atoms with Crippen LogP contribution in [-0.2, 0) is 6.42 Å². The highest BCUT2D eigenvalue weighted by atomic mass is 19.2. The van der Waals surface area contributed by atoms with E-state index in [4.69, 9.17) is 5.11 Å². The summed E-state index contributed by atoms with van der Waals surface area (Å²) >= 11 is 0. The van der Waals surface area contributed by atoms with Gasteiger partial charge >= 0.3 is 5.97 Å². The van der Waals surface area contributed by atoms with E-state index in [1.807, 2.05) is 0 Å². The summed E-state index contributed by atoms with van der Waals surface area (Å²) in [4.78, 5) is 10.7. The lowest BCUT2D eigenvalue weighted by molar-refractivity contribution is 0.0697. The van der Waals surface area contributed by atoms with E-state index in [0.717, 1.165) is 0 Å². The second kappa shape index (κ2) is 2.94. The molecule has 0 radical (unpaired) electrons. The molecule has 0 aliphatic carbocycles. The normalized spacial score (nSPS) is 13.6. The van der Waals surface area contributed by atoms with Gasteiger partial charge in [0, 0.05) is 12.1 Å². The summed E-state index contributed by atoms with van der Waals surface area (Å²) in [5, 5.41) is 11.5. The largest absolute Gasteiger partial charge is 0.478 e. The van der Waals surface area contributed by atoms with Crippen molar-refractivity contribution in [3.05, 3.63) is 28.8 Å². The summed E-state index contributed by atoms with van der Waals surface area (Å²) in [5.41, 5.74) is 0.121. The van der Waals surface area contributed by atoms with Gasteiger partial charge < -0.3 is 10.4 Å². The van der Waals surface area contributed by atoms with Gasteiger partial charge in [-0.25, -0.2) is 13.6 Å². The number of carboxylic acids is 1. The van der Waals surface area contributed by atoms with Crippen LogP contribution in [0.1, 0.15) is 15.9 Å². The SMILES string of the molecule is O=C(O)c1cc(F)c(F)c2c1NCC2. The molecule has 2 rings (SSSR count). The number of halogens is 2. The maximum atomic E-state index is 13.1. The van der Waals surface area contributed by atoms with Gasteiger partial charge in [-0.2, -0.15) is 0 Å². The Balaban J connectivity index is 2.70. The number of anilines is 1. The summed E-state index contributed by atoms with van der Waals surface area (Å²) in [6, 6.07) is 0.703. The van der Waals surface area contributed by atoms with Crippen LogP contribution in [0.5, 0.6) is 0 Å². The molecule has 1 aliphatic heterocycles. The topological polar surface area (TPSA) is 49.3 Å². The van der Waals surface area contributed by atoms with Gasteiger partial charge in [0.2, 0.25) is 0 Å². The molecule has 3 nitrogen and oxygen atoms in total. The number of rotatable bonds is 1. The second-order valence-electron chi connectivity index (χ2n) is 3.06. The number of aromatic carboxylic acids is 1. The van der Waals surface area contributed by atoms with E-state index in [1.54, 1.807) is 0 Å². The fraction of sp³-hybridized carbons (Fsp3) is 0.222. The number of carboxylic acid groups (broad SMARTS) is 1. The third-order valence-corrected chi connectivity index (χ3v) is 2.22. The first kappa shape index (κ1) is 8.93. The van der Waals surface area contributed by atoms with E-state index in [-0.39, 0.29) is 16.8 Å². The average molecular weight is 199 g/mol. The van der Waals surface area contributed by atoms with E-state index < -0.39 is 17.6 Å². The third-order valence-electron chi connectivity index (χ3n) is 2.22. The summed E-state index contributed by atoms with van der Waals surface area (Å²) in [7, 11) is 0. The van der Waals surface area contributed by atoms with Crippen molar-refractivity contribution < 1.29 is 18.7 Å². The first-order chi connectivity index (χ1) is 6.61. The Bertz CT molecular complexity index is 418. The highest BCUT2D eigenvalue weighted by Crippen LogP contribution is 2.30. The molecular weight excluding hydrogens is 192 g/mol. The van der Waals surface area contributed by atoms with Crippen LogP contribution < -0.4 is 5.32 Å². The zero-order chi connectivity index (χ0) is 10.3. The van der Waals surface area contributed by atoms with Crippen LogP contribution in [0.15, 0.2) is 6.07 Å². The highest BCUT2D eigenvalue weighted by Gasteiger charge is 2.24. The molecule has 5 heteroatoms. The maximum absolute atomic E-state index is 13.1. The number of fused-ring (bicyclic) bond motifs is 1. The third kappa shape index (κ3) is 1.13. The molecule has 0 bridgehead atoms. The van der Waals surface area contributed by atoms with Gasteiger partial charge in [0.05, 0.1) is 11.3 Å². The summed E-state index contributed by atoms with van der Waals surface area (Å²) in [6.45, 7) is 0.440. The smallest absolute Gasteiger partial charge is 0.337 e. The fourth-order valence-corrected chi connectivity index (χ4v) is 1.60. The fourth-order valence-electron chi connectivity index (χ4n) is 1.60. The van der Waals surface area contributed by atoms with Gasteiger partial charge in [0.1, 0.15) is 0 Å². The lowest BCUT2D eigenvalue weighted by Gasteiger charge is -2.06. The van der Waals surface area contributed by atoms with Crippen molar-refractivity contribution >= 4 is 11.7 Å². The minimum absolute atomic E-state index is 0.127. The molecule has 1 aliphatic rings. The van der Waals surface area contributed by atoms with Crippen LogP contribution in [0.3, 0.4) is 0 Å². The van der Waals surface area contributed by atoms with E-state index in [2.05, 4.69) is 5.32 Å². The predicted molar refractivity (Wildman–Crippen MR) is 45.5 cm³/mol. The molecule has 0 fully saturated rings. The molecule has 0 aromatic heterocycles.